The highest BCUT2D eigenvalue weighted by molar-refractivity contribution is 5.94. The molecule has 0 unspecified atom stereocenters. The number of hydrogen-bond acceptors (Lipinski definition) is 1. The Morgan fingerprint density at radius 3 is 1.18 bits per heavy atom. The molecule has 1 nitrogen and oxygen atoms in total. The molecular formula is C33H40O. The summed E-state index contributed by atoms with van der Waals surface area (Å²) in [5.41, 5.74) is 7.37. The van der Waals surface area contributed by atoms with Crippen molar-refractivity contribution in [2.75, 3.05) is 0 Å². The number of hydrogen-bond donors (Lipinski definition) is 0. The second kappa shape index (κ2) is 17.1. The molecule has 1 heteroatoms. The van der Waals surface area contributed by atoms with Crippen molar-refractivity contribution < 1.29 is 4.79 Å². The Morgan fingerprint density at radius 2 is 0.824 bits per heavy atom. The average molecular weight is 453 g/mol. The van der Waals surface area contributed by atoms with Gasteiger partial charge in [0, 0.05) is 5.56 Å². The van der Waals surface area contributed by atoms with E-state index in [2.05, 4.69) is 73.7 Å². The molecule has 0 aliphatic rings. The van der Waals surface area contributed by atoms with Crippen molar-refractivity contribution in [1.29, 1.82) is 0 Å². The van der Waals surface area contributed by atoms with Gasteiger partial charge in [0.15, 0.2) is 5.78 Å². The maximum Gasteiger partial charge on any atom is 0.159 e. The van der Waals surface area contributed by atoms with Crippen molar-refractivity contribution >= 4 is 5.78 Å². The summed E-state index contributed by atoms with van der Waals surface area (Å²) in [5, 5.41) is 0. The summed E-state index contributed by atoms with van der Waals surface area (Å²) < 4.78 is 0. The molecule has 4 aromatic rings. The Kier molecular flexibility index (Phi) is 14.4. The van der Waals surface area contributed by atoms with Gasteiger partial charge in [-0.25, -0.2) is 0 Å². The predicted molar refractivity (Wildman–Crippen MR) is 149 cm³/mol. The van der Waals surface area contributed by atoms with Crippen LogP contribution < -0.4 is 0 Å². The van der Waals surface area contributed by atoms with E-state index in [9.17, 15) is 4.79 Å². The van der Waals surface area contributed by atoms with Crippen LogP contribution in [-0.2, 0) is 12.8 Å². The van der Waals surface area contributed by atoms with Crippen molar-refractivity contribution in [2.45, 2.75) is 54.4 Å². The number of benzene rings is 4. The standard InChI is InChI=1S/C15H14O.C14H14.2C2H6/c1-12(16)15-9-7-14(8-10-15)11-13-5-3-2-4-6-13;1-12-7-9-14(10-8-12)11-13-5-3-2-4-6-13;2*1-2/h2-10H,11H2,1H3;2-10H,11H2,1H3;2*1-2H3. The molecule has 0 aliphatic carbocycles. The zero-order valence-corrected chi connectivity index (χ0v) is 21.7. The highest BCUT2D eigenvalue weighted by Crippen LogP contribution is 2.11. The van der Waals surface area contributed by atoms with E-state index in [0.29, 0.717) is 0 Å². The first-order chi connectivity index (χ1) is 16.6. The van der Waals surface area contributed by atoms with E-state index >= 15 is 0 Å². The molecule has 0 N–H and O–H groups in total. The van der Waals surface area contributed by atoms with E-state index in [-0.39, 0.29) is 5.78 Å². The third-order valence-corrected chi connectivity index (χ3v) is 4.98. The number of Topliss-reactive ketones (excluding diaryl/α,β-unsaturated/α-hetero) is 1. The van der Waals surface area contributed by atoms with Crippen LogP contribution in [0.25, 0.3) is 0 Å². The molecule has 0 aliphatic heterocycles. The zero-order valence-electron chi connectivity index (χ0n) is 21.7. The summed E-state index contributed by atoms with van der Waals surface area (Å²) in [6.07, 6.45) is 1.94. The quantitative estimate of drug-likeness (QED) is 0.276. The number of aryl methyl sites for hydroxylation is 1. The SMILES string of the molecule is CC.CC.CC(=O)c1ccc(Cc2ccccc2)cc1.Cc1ccc(Cc2ccccc2)cc1. The Labute approximate surface area is 207 Å². The molecule has 0 bridgehead atoms. The van der Waals surface area contributed by atoms with Gasteiger partial charge < -0.3 is 0 Å². The third kappa shape index (κ3) is 10.9. The van der Waals surface area contributed by atoms with Crippen LogP contribution in [0.15, 0.2) is 109 Å². The van der Waals surface area contributed by atoms with Gasteiger partial charge in [0.2, 0.25) is 0 Å². The molecular weight excluding hydrogens is 412 g/mol. The molecule has 4 aromatic carbocycles. The number of rotatable bonds is 5. The highest BCUT2D eigenvalue weighted by Gasteiger charge is 1.99. The minimum Gasteiger partial charge on any atom is -0.295 e. The minimum atomic E-state index is 0.117. The molecule has 4 rings (SSSR count). The first-order valence-corrected chi connectivity index (χ1v) is 12.3. The van der Waals surface area contributed by atoms with E-state index in [1.807, 2.05) is 70.2 Å². The second-order valence-corrected chi connectivity index (χ2v) is 7.56. The van der Waals surface area contributed by atoms with Gasteiger partial charge >= 0.3 is 0 Å². The number of carbonyl (C=O) groups excluding carboxylic acids is 1. The molecule has 0 atom stereocenters. The fraction of sp³-hybridized carbons (Fsp3) is 0.242. The fourth-order valence-electron chi connectivity index (χ4n) is 3.23. The van der Waals surface area contributed by atoms with Gasteiger partial charge in [-0.2, -0.15) is 0 Å². The molecule has 0 heterocycles. The van der Waals surface area contributed by atoms with Gasteiger partial charge in [0.05, 0.1) is 0 Å². The zero-order chi connectivity index (χ0) is 25.2. The summed E-state index contributed by atoms with van der Waals surface area (Å²) in [4.78, 5) is 11.1. The van der Waals surface area contributed by atoms with E-state index in [4.69, 9.17) is 0 Å². The first kappa shape index (κ1) is 28.6. The van der Waals surface area contributed by atoms with Crippen molar-refractivity contribution in [3.05, 3.63) is 143 Å². The van der Waals surface area contributed by atoms with E-state index in [0.717, 1.165) is 18.4 Å². The van der Waals surface area contributed by atoms with Crippen LogP contribution in [0.1, 0.15) is 72.8 Å². The van der Waals surface area contributed by atoms with Crippen molar-refractivity contribution in [2.24, 2.45) is 0 Å². The lowest BCUT2D eigenvalue weighted by Crippen LogP contribution is -1.93. The van der Waals surface area contributed by atoms with Crippen molar-refractivity contribution in [1.82, 2.24) is 0 Å². The monoisotopic (exact) mass is 452 g/mol. The summed E-state index contributed by atoms with van der Waals surface area (Å²) in [5.74, 6) is 0.117. The lowest BCUT2D eigenvalue weighted by molar-refractivity contribution is 0.101. The number of carbonyl (C=O) groups is 1. The normalized spacial score (nSPS) is 9.24. The lowest BCUT2D eigenvalue weighted by atomic mass is 10.0. The summed E-state index contributed by atoms with van der Waals surface area (Å²) in [7, 11) is 0. The van der Waals surface area contributed by atoms with Crippen LogP contribution >= 0.6 is 0 Å². The van der Waals surface area contributed by atoms with Crippen LogP contribution in [0.3, 0.4) is 0 Å². The molecule has 0 fully saturated rings. The molecule has 0 radical (unpaired) electrons. The Hall–Kier alpha value is -3.45. The van der Waals surface area contributed by atoms with Gasteiger partial charge in [0.1, 0.15) is 0 Å². The molecule has 34 heavy (non-hydrogen) atoms. The number of ketones is 1. The van der Waals surface area contributed by atoms with E-state index in [1.165, 1.54) is 27.8 Å². The van der Waals surface area contributed by atoms with Crippen molar-refractivity contribution in [3.8, 4) is 0 Å². The highest BCUT2D eigenvalue weighted by atomic mass is 16.1. The van der Waals surface area contributed by atoms with Gasteiger partial charge in [-0.15, -0.1) is 0 Å². The molecule has 0 saturated heterocycles. The molecule has 0 amide bonds. The van der Waals surface area contributed by atoms with E-state index < -0.39 is 0 Å². The van der Waals surface area contributed by atoms with Crippen LogP contribution in [0.2, 0.25) is 0 Å². The van der Waals surface area contributed by atoms with Crippen molar-refractivity contribution in [3.63, 3.8) is 0 Å². The smallest absolute Gasteiger partial charge is 0.159 e. The topological polar surface area (TPSA) is 17.1 Å². The van der Waals surface area contributed by atoms with Crippen LogP contribution in [0.4, 0.5) is 0 Å². The van der Waals surface area contributed by atoms with Crippen LogP contribution in [0, 0.1) is 6.92 Å². The average Bonchev–Trinajstić information content (AvgIpc) is 2.90. The fourth-order valence-corrected chi connectivity index (χ4v) is 3.23. The summed E-state index contributed by atoms with van der Waals surface area (Å²) >= 11 is 0. The summed E-state index contributed by atoms with van der Waals surface area (Å²) in [6, 6.07) is 37.4. The van der Waals surface area contributed by atoms with Crippen LogP contribution in [-0.4, -0.2) is 5.78 Å². The van der Waals surface area contributed by atoms with Gasteiger partial charge in [-0.1, -0.05) is 142 Å². The van der Waals surface area contributed by atoms with Crippen LogP contribution in [0.5, 0.6) is 0 Å². The maximum absolute atomic E-state index is 11.1. The second-order valence-electron chi connectivity index (χ2n) is 7.56. The largest absolute Gasteiger partial charge is 0.295 e. The van der Waals surface area contributed by atoms with Gasteiger partial charge in [-0.3, -0.25) is 4.79 Å². The Morgan fingerprint density at radius 1 is 0.500 bits per heavy atom. The molecule has 178 valence electrons. The van der Waals surface area contributed by atoms with Gasteiger partial charge in [-0.05, 0) is 48.9 Å². The maximum atomic E-state index is 11.1. The molecule has 0 spiro atoms. The summed E-state index contributed by atoms with van der Waals surface area (Å²) in [6.45, 7) is 11.7. The van der Waals surface area contributed by atoms with Gasteiger partial charge in [0.25, 0.3) is 0 Å². The Balaban J connectivity index is 0.000000299. The molecule has 0 aromatic heterocycles. The lowest BCUT2D eigenvalue weighted by Gasteiger charge is -2.02. The predicted octanol–water partition coefficient (Wildman–Crippen LogP) is 9.12. The molecule has 0 saturated carbocycles. The Bertz CT molecular complexity index is 1030. The third-order valence-electron chi connectivity index (χ3n) is 4.98. The minimum absolute atomic E-state index is 0.117. The first-order valence-electron chi connectivity index (χ1n) is 12.3. The van der Waals surface area contributed by atoms with E-state index in [1.54, 1.807) is 6.92 Å².